The molecule has 1 aliphatic rings. The maximum Gasteiger partial charge on any atom is 0.307 e. The Morgan fingerprint density at radius 1 is 1.50 bits per heavy atom. The van der Waals surface area contributed by atoms with Crippen molar-refractivity contribution in [1.29, 1.82) is 0 Å². The first-order valence-electron chi connectivity index (χ1n) is 5.85. The Kier molecular flexibility index (Phi) is 5.25. The van der Waals surface area contributed by atoms with Crippen LogP contribution in [0.4, 0.5) is 0 Å². The molecular formula is C11H20N2O3. The van der Waals surface area contributed by atoms with Crippen LogP contribution in [-0.2, 0) is 9.59 Å². The van der Waals surface area contributed by atoms with Crippen LogP contribution in [0, 0.1) is 5.92 Å². The molecule has 5 heteroatoms. The molecule has 1 aliphatic heterocycles. The number of hydrogen-bond donors (Lipinski definition) is 2. The third kappa shape index (κ3) is 4.18. The molecule has 1 fully saturated rings. The van der Waals surface area contributed by atoms with Crippen molar-refractivity contribution in [2.24, 2.45) is 5.92 Å². The smallest absolute Gasteiger partial charge is 0.307 e. The lowest BCUT2D eigenvalue weighted by molar-refractivity contribution is -0.141. The number of nitrogens with zero attached hydrogens (tertiary/aromatic N) is 1. The van der Waals surface area contributed by atoms with Gasteiger partial charge in [-0.2, -0.15) is 0 Å². The van der Waals surface area contributed by atoms with Gasteiger partial charge in [0.25, 0.3) is 0 Å². The Morgan fingerprint density at radius 2 is 2.25 bits per heavy atom. The zero-order valence-electron chi connectivity index (χ0n) is 9.74. The van der Waals surface area contributed by atoms with Gasteiger partial charge < -0.3 is 10.4 Å². The number of carbonyl (C=O) groups is 2. The van der Waals surface area contributed by atoms with Crippen LogP contribution in [-0.4, -0.2) is 48.1 Å². The SMILES string of the molecule is CCCCNC(=O)CN1CCC(C(=O)O)C1. The van der Waals surface area contributed by atoms with Crippen molar-refractivity contribution < 1.29 is 14.7 Å². The van der Waals surface area contributed by atoms with E-state index in [1.165, 1.54) is 0 Å². The Balaban J connectivity index is 2.18. The number of aliphatic carboxylic acids is 1. The summed E-state index contributed by atoms with van der Waals surface area (Å²) >= 11 is 0. The molecule has 1 heterocycles. The molecule has 1 saturated heterocycles. The van der Waals surface area contributed by atoms with Gasteiger partial charge in [0.1, 0.15) is 0 Å². The third-order valence-electron chi connectivity index (χ3n) is 2.84. The van der Waals surface area contributed by atoms with Gasteiger partial charge in [-0.3, -0.25) is 14.5 Å². The number of carbonyl (C=O) groups excluding carboxylic acids is 1. The van der Waals surface area contributed by atoms with Crippen molar-refractivity contribution in [3.8, 4) is 0 Å². The standard InChI is InChI=1S/C11H20N2O3/c1-2-3-5-12-10(14)8-13-6-4-9(7-13)11(15)16/h9H,2-8H2,1H3,(H,12,14)(H,15,16). The summed E-state index contributed by atoms with van der Waals surface area (Å²) in [5, 5.41) is 11.6. The van der Waals surface area contributed by atoms with Crippen LogP contribution in [0.2, 0.25) is 0 Å². The minimum atomic E-state index is -0.756. The highest BCUT2D eigenvalue weighted by atomic mass is 16.4. The maximum absolute atomic E-state index is 11.5. The Hall–Kier alpha value is -1.10. The highest BCUT2D eigenvalue weighted by Gasteiger charge is 2.28. The lowest BCUT2D eigenvalue weighted by atomic mass is 10.1. The van der Waals surface area contributed by atoms with Crippen LogP contribution in [0.15, 0.2) is 0 Å². The summed E-state index contributed by atoms with van der Waals surface area (Å²) < 4.78 is 0. The molecule has 0 aromatic heterocycles. The summed E-state index contributed by atoms with van der Waals surface area (Å²) in [6.07, 6.45) is 2.70. The Bertz CT molecular complexity index is 256. The molecular weight excluding hydrogens is 208 g/mol. The molecule has 1 amide bonds. The number of rotatable bonds is 6. The fourth-order valence-electron chi connectivity index (χ4n) is 1.84. The molecule has 5 nitrogen and oxygen atoms in total. The second-order valence-electron chi connectivity index (χ2n) is 4.26. The van der Waals surface area contributed by atoms with E-state index in [0.29, 0.717) is 32.6 Å². The molecule has 0 spiro atoms. The largest absolute Gasteiger partial charge is 0.481 e. The van der Waals surface area contributed by atoms with E-state index in [1.807, 2.05) is 4.90 Å². The topological polar surface area (TPSA) is 69.6 Å². The summed E-state index contributed by atoms with van der Waals surface area (Å²) in [7, 11) is 0. The number of carboxylic acid groups (broad SMARTS) is 1. The quantitative estimate of drug-likeness (QED) is 0.642. The predicted octanol–water partition coefficient (Wildman–Crippen LogP) is 0.309. The number of hydrogen-bond acceptors (Lipinski definition) is 3. The lowest BCUT2D eigenvalue weighted by Gasteiger charge is -2.14. The van der Waals surface area contributed by atoms with Crippen LogP contribution in [0.1, 0.15) is 26.2 Å². The monoisotopic (exact) mass is 228 g/mol. The molecule has 1 rings (SSSR count). The summed E-state index contributed by atoms with van der Waals surface area (Å²) in [6, 6.07) is 0. The van der Waals surface area contributed by atoms with Gasteiger partial charge in [0, 0.05) is 13.1 Å². The van der Waals surface area contributed by atoms with Gasteiger partial charge in [-0.1, -0.05) is 13.3 Å². The maximum atomic E-state index is 11.5. The molecule has 16 heavy (non-hydrogen) atoms. The summed E-state index contributed by atoms with van der Waals surface area (Å²) in [4.78, 5) is 24.1. The van der Waals surface area contributed by atoms with E-state index < -0.39 is 5.97 Å². The molecule has 2 N–H and O–H groups in total. The van der Waals surface area contributed by atoms with Crippen LogP contribution < -0.4 is 5.32 Å². The molecule has 0 bridgehead atoms. The van der Waals surface area contributed by atoms with Gasteiger partial charge in [-0.25, -0.2) is 0 Å². The second-order valence-corrected chi connectivity index (χ2v) is 4.26. The molecule has 0 aromatic rings. The first kappa shape index (κ1) is 13.0. The van der Waals surface area contributed by atoms with Crippen LogP contribution >= 0.6 is 0 Å². The minimum Gasteiger partial charge on any atom is -0.481 e. The fraction of sp³-hybridized carbons (Fsp3) is 0.818. The van der Waals surface area contributed by atoms with Crippen molar-refractivity contribution in [3.05, 3.63) is 0 Å². The van der Waals surface area contributed by atoms with Crippen LogP contribution in [0.25, 0.3) is 0 Å². The molecule has 0 aliphatic carbocycles. The van der Waals surface area contributed by atoms with Crippen molar-refractivity contribution in [2.75, 3.05) is 26.2 Å². The van der Waals surface area contributed by atoms with E-state index in [1.54, 1.807) is 0 Å². The van der Waals surface area contributed by atoms with E-state index in [0.717, 1.165) is 12.8 Å². The molecule has 1 atom stereocenters. The molecule has 0 radical (unpaired) electrons. The first-order valence-corrected chi connectivity index (χ1v) is 5.85. The van der Waals surface area contributed by atoms with E-state index in [2.05, 4.69) is 12.2 Å². The van der Waals surface area contributed by atoms with E-state index in [-0.39, 0.29) is 11.8 Å². The molecule has 0 saturated carbocycles. The van der Waals surface area contributed by atoms with Gasteiger partial charge in [0.05, 0.1) is 12.5 Å². The van der Waals surface area contributed by atoms with Gasteiger partial charge in [0.2, 0.25) is 5.91 Å². The van der Waals surface area contributed by atoms with Crippen molar-refractivity contribution in [3.63, 3.8) is 0 Å². The Labute approximate surface area is 95.8 Å². The number of unbranched alkanes of at least 4 members (excludes halogenated alkanes) is 1. The van der Waals surface area contributed by atoms with Crippen molar-refractivity contribution in [2.45, 2.75) is 26.2 Å². The van der Waals surface area contributed by atoms with Crippen LogP contribution in [0.5, 0.6) is 0 Å². The second kappa shape index (κ2) is 6.48. The normalized spacial score (nSPS) is 20.9. The average Bonchev–Trinajstić information content (AvgIpc) is 2.66. The lowest BCUT2D eigenvalue weighted by Crippen LogP contribution is -2.36. The van der Waals surface area contributed by atoms with Gasteiger partial charge in [0.15, 0.2) is 0 Å². The zero-order chi connectivity index (χ0) is 12.0. The highest BCUT2D eigenvalue weighted by Crippen LogP contribution is 2.15. The average molecular weight is 228 g/mol. The van der Waals surface area contributed by atoms with Crippen LogP contribution in [0.3, 0.4) is 0 Å². The van der Waals surface area contributed by atoms with Gasteiger partial charge in [-0.05, 0) is 19.4 Å². The first-order chi connectivity index (χ1) is 7.63. The van der Waals surface area contributed by atoms with E-state index in [9.17, 15) is 9.59 Å². The Morgan fingerprint density at radius 3 is 2.81 bits per heavy atom. The number of amides is 1. The van der Waals surface area contributed by atoms with Gasteiger partial charge in [-0.15, -0.1) is 0 Å². The highest BCUT2D eigenvalue weighted by molar-refractivity contribution is 5.78. The molecule has 92 valence electrons. The number of carboxylic acids is 1. The molecule has 0 aromatic carbocycles. The summed E-state index contributed by atoms with van der Waals surface area (Å²) in [5.74, 6) is -1.06. The van der Waals surface area contributed by atoms with E-state index in [4.69, 9.17) is 5.11 Å². The summed E-state index contributed by atoms with van der Waals surface area (Å²) in [5.41, 5.74) is 0. The number of nitrogens with one attached hydrogen (secondary N) is 1. The summed E-state index contributed by atoms with van der Waals surface area (Å²) in [6.45, 7) is 4.32. The van der Waals surface area contributed by atoms with E-state index >= 15 is 0 Å². The van der Waals surface area contributed by atoms with Crippen molar-refractivity contribution >= 4 is 11.9 Å². The number of likely N-dealkylation sites (tertiary alicyclic amines) is 1. The third-order valence-corrected chi connectivity index (χ3v) is 2.84. The predicted molar refractivity (Wildman–Crippen MR) is 60.1 cm³/mol. The molecule has 1 unspecified atom stereocenters. The van der Waals surface area contributed by atoms with Crippen molar-refractivity contribution in [1.82, 2.24) is 10.2 Å². The zero-order valence-corrected chi connectivity index (χ0v) is 9.74. The fourth-order valence-corrected chi connectivity index (χ4v) is 1.84. The minimum absolute atomic E-state index is 0.000473. The van der Waals surface area contributed by atoms with Gasteiger partial charge >= 0.3 is 5.97 Å².